The third-order valence-corrected chi connectivity index (χ3v) is 2.71. The van der Waals surface area contributed by atoms with Crippen LogP contribution in [0.15, 0.2) is 12.4 Å². The fraction of sp³-hybridized carbons (Fsp3) is 0.500. The molecule has 0 spiro atoms. The van der Waals surface area contributed by atoms with Gasteiger partial charge in [0.05, 0.1) is 0 Å². The SMILES string of the molecule is CC(C)C(C(=O)[O-])c1cnc(C(Cl)(Cl)Cl)nc1. The molecule has 1 heterocycles. The Labute approximate surface area is 114 Å². The molecule has 4 nitrogen and oxygen atoms in total. The van der Waals surface area contributed by atoms with E-state index in [0.29, 0.717) is 5.56 Å². The fourth-order valence-corrected chi connectivity index (χ4v) is 1.73. The largest absolute Gasteiger partial charge is 0.549 e. The molecule has 17 heavy (non-hydrogen) atoms. The summed E-state index contributed by atoms with van der Waals surface area (Å²) in [7, 11) is 0. The molecule has 1 aromatic rings. The molecule has 0 radical (unpaired) electrons. The van der Waals surface area contributed by atoms with Gasteiger partial charge in [-0.1, -0.05) is 48.7 Å². The van der Waals surface area contributed by atoms with E-state index in [1.165, 1.54) is 12.4 Å². The average Bonchev–Trinajstić information content (AvgIpc) is 2.15. The maximum Gasteiger partial charge on any atom is 0.250 e. The Morgan fingerprint density at radius 2 is 1.76 bits per heavy atom. The van der Waals surface area contributed by atoms with Gasteiger partial charge in [-0.2, -0.15) is 0 Å². The summed E-state index contributed by atoms with van der Waals surface area (Å²) >= 11 is 16.8. The third kappa shape index (κ3) is 3.69. The Morgan fingerprint density at radius 3 is 2.06 bits per heavy atom. The first-order valence-corrected chi connectivity index (χ1v) is 5.97. The van der Waals surface area contributed by atoms with E-state index in [2.05, 4.69) is 9.97 Å². The van der Waals surface area contributed by atoms with Crippen molar-refractivity contribution in [2.45, 2.75) is 23.6 Å². The van der Waals surface area contributed by atoms with Gasteiger partial charge in [-0.05, 0) is 11.5 Å². The van der Waals surface area contributed by atoms with Crippen molar-refractivity contribution in [1.82, 2.24) is 9.97 Å². The summed E-state index contributed by atoms with van der Waals surface area (Å²) in [6.07, 6.45) is 2.68. The van der Waals surface area contributed by atoms with Gasteiger partial charge < -0.3 is 9.90 Å². The van der Waals surface area contributed by atoms with Crippen LogP contribution in [0.1, 0.15) is 31.2 Å². The van der Waals surface area contributed by atoms with Crippen molar-refractivity contribution in [3.63, 3.8) is 0 Å². The Kier molecular flexibility index (Phi) is 4.58. The number of nitrogens with zero attached hydrogens (tertiary/aromatic N) is 2. The Hall–Kier alpha value is -0.580. The van der Waals surface area contributed by atoms with Crippen molar-refractivity contribution in [2.75, 3.05) is 0 Å². The van der Waals surface area contributed by atoms with Crippen LogP contribution < -0.4 is 5.11 Å². The summed E-state index contributed by atoms with van der Waals surface area (Å²) in [6.45, 7) is 3.53. The molecule has 0 saturated heterocycles. The number of halogens is 3. The average molecular weight is 297 g/mol. The van der Waals surface area contributed by atoms with Gasteiger partial charge in [0.25, 0.3) is 0 Å². The molecule has 7 heteroatoms. The number of hydrogen-bond donors (Lipinski definition) is 0. The minimum atomic E-state index is -1.71. The monoisotopic (exact) mass is 295 g/mol. The van der Waals surface area contributed by atoms with Gasteiger partial charge in [-0.15, -0.1) is 0 Å². The van der Waals surface area contributed by atoms with Crippen LogP contribution in [-0.2, 0) is 8.59 Å². The molecule has 0 bridgehead atoms. The predicted molar refractivity (Wildman–Crippen MR) is 63.9 cm³/mol. The normalized spacial score (nSPS) is 13.8. The summed E-state index contributed by atoms with van der Waals surface area (Å²) < 4.78 is -1.71. The van der Waals surface area contributed by atoms with Crippen LogP contribution >= 0.6 is 34.8 Å². The van der Waals surface area contributed by atoms with Crippen LogP contribution in [0.25, 0.3) is 0 Å². The quantitative estimate of drug-likeness (QED) is 0.798. The third-order valence-electron chi connectivity index (χ3n) is 2.21. The minimum Gasteiger partial charge on any atom is -0.549 e. The molecule has 0 aliphatic rings. The lowest BCUT2D eigenvalue weighted by atomic mass is 9.90. The summed E-state index contributed by atoms with van der Waals surface area (Å²) in [5, 5.41) is 11.0. The van der Waals surface area contributed by atoms with Crippen LogP contribution in [0.2, 0.25) is 0 Å². The number of carboxylic acids is 1. The first kappa shape index (κ1) is 14.5. The van der Waals surface area contributed by atoms with E-state index in [1.54, 1.807) is 13.8 Å². The van der Waals surface area contributed by atoms with Crippen LogP contribution in [0.3, 0.4) is 0 Å². The molecule has 0 saturated carbocycles. The Morgan fingerprint density at radius 1 is 1.29 bits per heavy atom. The zero-order valence-corrected chi connectivity index (χ0v) is 11.4. The molecule has 1 aromatic heterocycles. The molecule has 0 fully saturated rings. The van der Waals surface area contributed by atoms with Gasteiger partial charge in [0.2, 0.25) is 3.79 Å². The summed E-state index contributed by atoms with van der Waals surface area (Å²) in [4.78, 5) is 18.7. The Bertz CT molecular complexity index is 401. The maximum atomic E-state index is 11.0. The molecule has 1 atom stereocenters. The number of alkyl halides is 3. The first-order valence-electron chi connectivity index (χ1n) is 4.83. The number of rotatable bonds is 3. The fourth-order valence-electron chi connectivity index (χ4n) is 1.44. The first-order chi connectivity index (χ1) is 7.73. The number of carbonyl (C=O) groups is 1. The van der Waals surface area contributed by atoms with Crippen molar-refractivity contribution >= 4 is 40.8 Å². The summed E-state index contributed by atoms with van der Waals surface area (Å²) in [6, 6.07) is 0. The highest BCUT2D eigenvalue weighted by molar-refractivity contribution is 6.66. The summed E-state index contributed by atoms with van der Waals surface area (Å²) in [5.41, 5.74) is 0.429. The lowest BCUT2D eigenvalue weighted by molar-refractivity contribution is -0.309. The van der Waals surface area contributed by atoms with E-state index in [-0.39, 0.29) is 11.7 Å². The van der Waals surface area contributed by atoms with Crippen LogP contribution in [0, 0.1) is 5.92 Å². The molecule has 0 aliphatic carbocycles. The number of aliphatic carboxylic acids is 1. The topological polar surface area (TPSA) is 65.9 Å². The van der Waals surface area contributed by atoms with Gasteiger partial charge in [-0.25, -0.2) is 9.97 Å². The maximum absolute atomic E-state index is 11.0. The van der Waals surface area contributed by atoms with Crippen LogP contribution in [-0.4, -0.2) is 15.9 Å². The lowest BCUT2D eigenvalue weighted by Gasteiger charge is -2.22. The highest BCUT2D eigenvalue weighted by Crippen LogP contribution is 2.35. The highest BCUT2D eigenvalue weighted by Gasteiger charge is 2.27. The van der Waals surface area contributed by atoms with E-state index in [0.717, 1.165) is 0 Å². The number of carboxylic acid groups (broad SMARTS) is 1. The van der Waals surface area contributed by atoms with E-state index in [9.17, 15) is 9.90 Å². The lowest BCUT2D eigenvalue weighted by Crippen LogP contribution is -2.33. The van der Waals surface area contributed by atoms with Crippen LogP contribution in [0.5, 0.6) is 0 Å². The van der Waals surface area contributed by atoms with Gasteiger partial charge in [0, 0.05) is 24.3 Å². The number of carbonyl (C=O) groups excluding carboxylic acids is 1. The zero-order chi connectivity index (χ0) is 13.2. The number of aromatic nitrogens is 2. The summed E-state index contributed by atoms with van der Waals surface area (Å²) in [5.74, 6) is -2.08. The molecule has 1 rings (SSSR count). The van der Waals surface area contributed by atoms with Gasteiger partial charge in [0.15, 0.2) is 5.82 Å². The van der Waals surface area contributed by atoms with E-state index in [4.69, 9.17) is 34.8 Å². The van der Waals surface area contributed by atoms with Crippen LogP contribution in [0.4, 0.5) is 0 Å². The molecule has 94 valence electrons. The van der Waals surface area contributed by atoms with Crippen molar-refractivity contribution in [1.29, 1.82) is 0 Å². The molecule has 0 N–H and O–H groups in total. The minimum absolute atomic E-state index is 0.00658. The molecular weight excluding hydrogens is 286 g/mol. The highest BCUT2D eigenvalue weighted by atomic mass is 35.6. The zero-order valence-electron chi connectivity index (χ0n) is 9.15. The van der Waals surface area contributed by atoms with Crippen molar-refractivity contribution < 1.29 is 9.90 Å². The Balaban J connectivity index is 3.05. The van der Waals surface area contributed by atoms with Crippen molar-refractivity contribution in [3.8, 4) is 0 Å². The van der Waals surface area contributed by atoms with E-state index < -0.39 is 15.7 Å². The molecule has 1 unspecified atom stereocenters. The second-order valence-corrected chi connectivity index (χ2v) is 6.16. The molecule has 0 amide bonds. The second kappa shape index (κ2) is 5.38. The molecule has 0 aliphatic heterocycles. The molecular formula is C10H10Cl3N2O2-. The van der Waals surface area contributed by atoms with E-state index >= 15 is 0 Å². The van der Waals surface area contributed by atoms with E-state index in [1.807, 2.05) is 0 Å². The van der Waals surface area contributed by atoms with Gasteiger partial charge in [0.1, 0.15) is 0 Å². The van der Waals surface area contributed by atoms with Crippen molar-refractivity contribution in [2.24, 2.45) is 5.92 Å². The second-order valence-electron chi connectivity index (χ2n) is 3.88. The number of hydrogen-bond acceptors (Lipinski definition) is 4. The smallest absolute Gasteiger partial charge is 0.250 e. The predicted octanol–water partition coefficient (Wildman–Crippen LogP) is 1.79. The van der Waals surface area contributed by atoms with Gasteiger partial charge in [-0.3, -0.25) is 0 Å². The standard InChI is InChI=1S/C10H11Cl3N2O2/c1-5(2)7(8(16)17)6-3-14-9(15-4-6)10(11,12)13/h3-5,7H,1-2H3,(H,16,17)/p-1. The van der Waals surface area contributed by atoms with Gasteiger partial charge >= 0.3 is 0 Å². The molecule has 0 aromatic carbocycles. The van der Waals surface area contributed by atoms with Crippen molar-refractivity contribution in [3.05, 3.63) is 23.8 Å².